The van der Waals surface area contributed by atoms with Crippen molar-refractivity contribution >= 4 is 51.5 Å². The lowest BCUT2D eigenvalue weighted by Gasteiger charge is -2.23. The van der Waals surface area contributed by atoms with E-state index in [0.29, 0.717) is 0 Å². The summed E-state index contributed by atoms with van der Waals surface area (Å²) in [6.07, 6.45) is 0. The number of carbonyl (C=O) groups is 1. The maximum atomic E-state index is 12.3. The second-order valence-corrected chi connectivity index (χ2v) is 7.64. The van der Waals surface area contributed by atoms with E-state index in [1.165, 1.54) is 23.2 Å². The van der Waals surface area contributed by atoms with Gasteiger partial charge in [0, 0.05) is 12.1 Å². The number of aryl methyl sites for hydroxylation is 3. The van der Waals surface area contributed by atoms with Crippen LogP contribution >= 0.6 is 23.4 Å². The van der Waals surface area contributed by atoms with Crippen molar-refractivity contribution < 1.29 is 9.72 Å². The van der Waals surface area contributed by atoms with Crippen LogP contribution in [0.2, 0.25) is 5.02 Å². The molecule has 0 aliphatic carbocycles. The summed E-state index contributed by atoms with van der Waals surface area (Å²) < 4.78 is 0. The highest BCUT2D eigenvalue weighted by molar-refractivity contribution is 8.14. The number of hydrazone groups is 1. The van der Waals surface area contributed by atoms with Crippen molar-refractivity contribution in [2.45, 2.75) is 20.8 Å². The zero-order valence-corrected chi connectivity index (χ0v) is 17.7. The van der Waals surface area contributed by atoms with Crippen LogP contribution in [0.1, 0.15) is 16.7 Å². The molecule has 9 nitrogen and oxygen atoms in total. The Kier molecular flexibility index (Phi) is 7.43. The standard InChI is InChI=1S/C18H21ClN6O3S/c1-10-6-11(2)17(12(3)7-10)24(21)18(23-20)29-9-16(26)22-15-5-4-13(25(27)28)8-14(15)19/h4-8H,9,20-21H2,1-3H3,(H,22,26)/b23-18+. The van der Waals surface area contributed by atoms with Crippen molar-refractivity contribution in [3.63, 3.8) is 0 Å². The number of nitrogens with zero attached hydrogens (tertiary/aromatic N) is 3. The fourth-order valence-corrected chi connectivity index (χ4v) is 3.71. The van der Waals surface area contributed by atoms with Crippen molar-refractivity contribution in [3.05, 3.63) is 62.2 Å². The molecule has 0 saturated carbocycles. The Hall–Kier alpha value is -2.82. The van der Waals surface area contributed by atoms with Crippen molar-refractivity contribution in [1.29, 1.82) is 0 Å². The molecular weight excluding hydrogens is 416 g/mol. The highest BCUT2D eigenvalue weighted by atomic mass is 35.5. The lowest BCUT2D eigenvalue weighted by atomic mass is 10.1. The van der Waals surface area contributed by atoms with Gasteiger partial charge in [-0.25, -0.2) is 5.84 Å². The summed E-state index contributed by atoms with van der Waals surface area (Å²) in [5.41, 5.74) is 3.87. The number of amidine groups is 1. The number of hydrogen-bond acceptors (Lipinski definition) is 7. The summed E-state index contributed by atoms with van der Waals surface area (Å²) in [5.74, 6) is 11.2. The summed E-state index contributed by atoms with van der Waals surface area (Å²) in [4.78, 5) is 22.5. The van der Waals surface area contributed by atoms with Crippen LogP contribution in [-0.2, 0) is 4.79 Å². The van der Waals surface area contributed by atoms with Crippen LogP contribution in [0.5, 0.6) is 0 Å². The molecule has 0 aromatic heterocycles. The lowest BCUT2D eigenvalue weighted by Crippen LogP contribution is -2.38. The van der Waals surface area contributed by atoms with Crippen LogP contribution < -0.4 is 22.0 Å². The number of thioether (sulfide) groups is 1. The average molecular weight is 437 g/mol. The predicted octanol–water partition coefficient (Wildman–Crippen LogP) is 3.46. The first-order valence-corrected chi connectivity index (χ1v) is 9.77. The van der Waals surface area contributed by atoms with Crippen molar-refractivity contribution in [2.24, 2.45) is 16.8 Å². The number of hydrazine groups is 1. The largest absolute Gasteiger partial charge is 0.324 e. The third kappa shape index (κ3) is 5.59. The van der Waals surface area contributed by atoms with Gasteiger partial charge in [-0.15, -0.1) is 0 Å². The quantitative estimate of drug-likeness (QED) is 0.214. The number of amides is 1. The number of rotatable bonds is 5. The number of hydrogen-bond donors (Lipinski definition) is 3. The van der Waals surface area contributed by atoms with Crippen LogP contribution in [0.15, 0.2) is 35.4 Å². The molecule has 0 radical (unpaired) electrons. The first-order valence-electron chi connectivity index (χ1n) is 8.41. The molecule has 0 fully saturated rings. The smallest absolute Gasteiger partial charge is 0.271 e. The summed E-state index contributed by atoms with van der Waals surface area (Å²) in [6.45, 7) is 5.85. The Balaban J connectivity index is 2.06. The third-order valence-corrected chi connectivity index (χ3v) is 5.24. The average Bonchev–Trinajstić information content (AvgIpc) is 2.62. The van der Waals surface area contributed by atoms with Gasteiger partial charge in [0.2, 0.25) is 11.1 Å². The molecule has 0 spiro atoms. The van der Waals surface area contributed by atoms with Gasteiger partial charge in [-0.05, 0) is 38.0 Å². The Bertz CT molecular complexity index is 959. The minimum atomic E-state index is -0.567. The van der Waals surface area contributed by atoms with Gasteiger partial charge < -0.3 is 11.2 Å². The number of benzene rings is 2. The molecule has 0 unspecified atom stereocenters. The van der Waals surface area contributed by atoms with Crippen LogP contribution in [0, 0.1) is 30.9 Å². The van der Waals surface area contributed by atoms with E-state index in [9.17, 15) is 14.9 Å². The van der Waals surface area contributed by atoms with Gasteiger partial charge in [-0.1, -0.05) is 41.1 Å². The summed E-state index contributed by atoms with van der Waals surface area (Å²) >= 11 is 7.04. The van der Waals surface area contributed by atoms with E-state index < -0.39 is 10.8 Å². The molecule has 11 heteroatoms. The molecule has 0 bridgehead atoms. The minimum Gasteiger partial charge on any atom is -0.324 e. The maximum absolute atomic E-state index is 12.3. The van der Waals surface area contributed by atoms with Gasteiger partial charge in [0.15, 0.2) is 0 Å². The van der Waals surface area contributed by atoms with E-state index in [-0.39, 0.29) is 27.3 Å². The molecule has 0 heterocycles. The molecule has 0 aliphatic heterocycles. The fourth-order valence-electron chi connectivity index (χ4n) is 2.85. The maximum Gasteiger partial charge on any atom is 0.271 e. The normalized spacial score (nSPS) is 11.3. The molecule has 29 heavy (non-hydrogen) atoms. The van der Waals surface area contributed by atoms with E-state index >= 15 is 0 Å². The fraction of sp³-hybridized carbons (Fsp3) is 0.222. The number of anilines is 2. The Labute approximate surface area is 177 Å². The zero-order chi connectivity index (χ0) is 21.7. The van der Waals surface area contributed by atoms with Gasteiger partial charge >= 0.3 is 0 Å². The Morgan fingerprint density at radius 1 is 1.28 bits per heavy atom. The monoisotopic (exact) mass is 436 g/mol. The van der Waals surface area contributed by atoms with E-state index in [2.05, 4.69) is 10.4 Å². The van der Waals surface area contributed by atoms with Gasteiger partial charge in [0.25, 0.3) is 5.69 Å². The van der Waals surface area contributed by atoms with Crippen molar-refractivity contribution in [1.82, 2.24) is 0 Å². The van der Waals surface area contributed by atoms with Crippen LogP contribution in [0.3, 0.4) is 0 Å². The highest BCUT2D eigenvalue weighted by Crippen LogP contribution is 2.28. The molecule has 0 saturated heterocycles. The Morgan fingerprint density at radius 2 is 1.90 bits per heavy atom. The topological polar surface area (TPSA) is 140 Å². The minimum absolute atomic E-state index is 0.0407. The van der Waals surface area contributed by atoms with Gasteiger partial charge in [0.1, 0.15) is 0 Å². The lowest BCUT2D eigenvalue weighted by molar-refractivity contribution is -0.384. The molecular formula is C18H21ClN6O3S. The van der Waals surface area contributed by atoms with E-state index in [1.54, 1.807) is 0 Å². The number of halogens is 1. The molecule has 154 valence electrons. The first kappa shape index (κ1) is 22.5. The molecule has 2 rings (SSSR count). The van der Waals surface area contributed by atoms with Crippen LogP contribution in [-0.4, -0.2) is 21.8 Å². The highest BCUT2D eigenvalue weighted by Gasteiger charge is 2.18. The number of nitrogens with two attached hydrogens (primary N) is 2. The van der Waals surface area contributed by atoms with Crippen molar-refractivity contribution in [3.8, 4) is 0 Å². The second kappa shape index (κ2) is 9.59. The third-order valence-electron chi connectivity index (χ3n) is 3.96. The number of nitro groups is 1. The molecule has 5 N–H and O–H groups in total. The molecule has 2 aromatic rings. The molecule has 2 aromatic carbocycles. The van der Waals surface area contributed by atoms with Crippen LogP contribution in [0.25, 0.3) is 0 Å². The summed E-state index contributed by atoms with van der Waals surface area (Å²) in [5, 5.41) is 18.7. The molecule has 1 amide bonds. The van der Waals surface area contributed by atoms with Crippen molar-refractivity contribution in [2.75, 3.05) is 16.1 Å². The SMILES string of the molecule is Cc1cc(C)c(N(N)/C(=N\N)SCC(=O)Nc2ccc([N+](=O)[O-])cc2Cl)c(C)c1. The second-order valence-electron chi connectivity index (χ2n) is 6.29. The molecule has 0 atom stereocenters. The summed E-state index contributed by atoms with van der Waals surface area (Å²) in [7, 11) is 0. The van der Waals surface area contributed by atoms with E-state index in [1.807, 2.05) is 32.9 Å². The number of nitrogens with one attached hydrogen (secondary N) is 1. The number of non-ortho nitro benzene ring substituents is 1. The van der Waals surface area contributed by atoms with E-state index in [4.69, 9.17) is 23.3 Å². The van der Waals surface area contributed by atoms with Gasteiger partial charge in [-0.3, -0.25) is 19.9 Å². The van der Waals surface area contributed by atoms with Gasteiger partial charge in [0.05, 0.1) is 27.1 Å². The number of carbonyl (C=O) groups excluding carboxylic acids is 1. The van der Waals surface area contributed by atoms with Crippen LogP contribution in [0.4, 0.5) is 17.1 Å². The predicted molar refractivity (Wildman–Crippen MR) is 118 cm³/mol. The molecule has 0 aliphatic rings. The summed E-state index contributed by atoms with van der Waals surface area (Å²) in [6, 6.07) is 7.78. The first-order chi connectivity index (χ1) is 13.6. The van der Waals surface area contributed by atoms with Gasteiger partial charge in [-0.2, -0.15) is 5.10 Å². The zero-order valence-electron chi connectivity index (χ0n) is 16.1. The Morgan fingerprint density at radius 3 is 2.41 bits per heavy atom. The number of nitro benzene ring substituents is 1. The van der Waals surface area contributed by atoms with E-state index in [0.717, 1.165) is 34.1 Å².